The monoisotopic (exact) mass is 428 g/mol. The Morgan fingerprint density at radius 2 is 1.87 bits per heavy atom. The molecule has 5 aromatic rings. The number of rotatable bonds is 4. The summed E-state index contributed by atoms with van der Waals surface area (Å²) in [5.41, 5.74) is 5.16. The Labute approximate surface area is 182 Å². The molecule has 3 heterocycles. The van der Waals surface area contributed by atoms with Crippen LogP contribution in [0.4, 0.5) is 0 Å². The first-order valence-corrected chi connectivity index (χ1v) is 10.8. The highest BCUT2D eigenvalue weighted by molar-refractivity contribution is 7.98. The third-order valence-corrected chi connectivity index (χ3v) is 6.21. The van der Waals surface area contributed by atoms with Crippen LogP contribution >= 0.6 is 11.8 Å². The summed E-state index contributed by atoms with van der Waals surface area (Å²) in [6, 6.07) is 13.5. The number of benzene rings is 2. The van der Waals surface area contributed by atoms with Crippen LogP contribution in [0, 0.1) is 13.8 Å². The van der Waals surface area contributed by atoms with Gasteiger partial charge >= 0.3 is 0 Å². The molecule has 0 aliphatic carbocycles. The zero-order valence-electron chi connectivity index (χ0n) is 17.4. The molecule has 0 spiro atoms. The number of nitrogens with zero attached hydrogens (tertiary/aromatic N) is 6. The van der Waals surface area contributed by atoms with Crippen molar-refractivity contribution in [3.63, 3.8) is 0 Å². The van der Waals surface area contributed by atoms with Gasteiger partial charge in [0.15, 0.2) is 5.65 Å². The van der Waals surface area contributed by atoms with Crippen molar-refractivity contribution in [1.29, 1.82) is 0 Å². The summed E-state index contributed by atoms with van der Waals surface area (Å²) in [4.78, 5) is 31.5. The van der Waals surface area contributed by atoms with Crippen LogP contribution in [-0.2, 0) is 12.8 Å². The van der Waals surface area contributed by atoms with Crippen molar-refractivity contribution in [2.45, 2.75) is 24.6 Å². The van der Waals surface area contributed by atoms with Crippen molar-refractivity contribution in [3.05, 3.63) is 82.4 Å². The molecule has 7 nitrogen and oxygen atoms in total. The molecule has 0 aliphatic heterocycles. The molecule has 3 aromatic heterocycles. The molecule has 0 unspecified atom stereocenters. The van der Waals surface area contributed by atoms with Crippen LogP contribution in [0.15, 0.2) is 64.9 Å². The highest BCUT2D eigenvalue weighted by Crippen LogP contribution is 2.27. The fraction of sp³-hybridized carbons (Fsp3) is 0.174. The highest BCUT2D eigenvalue weighted by Gasteiger charge is 2.16. The van der Waals surface area contributed by atoms with Crippen molar-refractivity contribution in [2.75, 3.05) is 0 Å². The third-order valence-electron chi connectivity index (χ3n) is 5.24. The fourth-order valence-electron chi connectivity index (χ4n) is 3.74. The lowest BCUT2D eigenvalue weighted by Gasteiger charge is -2.16. The predicted molar refractivity (Wildman–Crippen MR) is 123 cm³/mol. The van der Waals surface area contributed by atoms with E-state index in [2.05, 4.69) is 21.0 Å². The summed E-state index contributed by atoms with van der Waals surface area (Å²) in [6.45, 7) is 4.06. The minimum atomic E-state index is -0.0705. The SMILES string of the molecule is Cc1ccc(-n2c(CSc3ncnc4c3ncn4C)nc3ccccc3c2=O)c(C)c1. The van der Waals surface area contributed by atoms with E-state index >= 15 is 0 Å². The number of aryl methyl sites for hydroxylation is 3. The Morgan fingerprint density at radius 3 is 2.71 bits per heavy atom. The van der Waals surface area contributed by atoms with Gasteiger partial charge in [0.05, 0.1) is 28.7 Å². The van der Waals surface area contributed by atoms with Gasteiger partial charge in [-0.3, -0.25) is 9.36 Å². The first-order chi connectivity index (χ1) is 15.0. The Balaban J connectivity index is 1.65. The first kappa shape index (κ1) is 19.4. The van der Waals surface area contributed by atoms with Crippen molar-refractivity contribution in [3.8, 4) is 5.69 Å². The lowest BCUT2D eigenvalue weighted by Crippen LogP contribution is -2.24. The van der Waals surface area contributed by atoms with E-state index in [0.717, 1.165) is 33.0 Å². The Hall–Kier alpha value is -3.52. The maximum atomic E-state index is 13.5. The molecule has 0 fully saturated rings. The van der Waals surface area contributed by atoms with Gasteiger partial charge in [-0.15, -0.1) is 0 Å². The molecule has 0 aliphatic rings. The van der Waals surface area contributed by atoms with E-state index in [1.807, 2.05) is 61.9 Å². The zero-order valence-corrected chi connectivity index (χ0v) is 18.2. The number of hydrogen-bond donors (Lipinski definition) is 0. The molecule has 31 heavy (non-hydrogen) atoms. The molecule has 0 N–H and O–H groups in total. The Bertz CT molecular complexity index is 1500. The van der Waals surface area contributed by atoms with E-state index in [9.17, 15) is 4.79 Å². The van der Waals surface area contributed by atoms with Gasteiger partial charge in [0.25, 0.3) is 5.56 Å². The van der Waals surface area contributed by atoms with Crippen LogP contribution in [-0.4, -0.2) is 29.1 Å². The predicted octanol–water partition coefficient (Wildman–Crippen LogP) is 3.97. The lowest BCUT2D eigenvalue weighted by atomic mass is 10.1. The molecule has 154 valence electrons. The normalized spacial score (nSPS) is 11.5. The molecule has 0 radical (unpaired) electrons. The van der Waals surface area contributed by atoms with Crippen LogP contribution in [0.3, 0.4) is 0 Å². The van der Waals surface area contributed by atoms with Crippen molar-refractivity contribution < 1.29 is 0 Å². The van der Waals surface area contributed by atoms with E-state index in [1.165, 1.54) is 18.1 Å². The van der Waals surface area contributed by atoms with Gasteiger partial charge in [-0.2, -0.15) is 0 Å². The molecule has 2 aromatic carbocycles. The lowest BCUT2D eigenvalue weighted by molar-refractivity contribution is 0.875. The summed E-state index contributed by atoms with van der Waals surface area (Å²) in [5.74, 6) is 1.14. The maximum Gasteiger partial charge on any atom is 0.265 e. The van der Waals surface area contributed by atoms with Gasteiger partial charge in [0, 0.05) is 7.05 Å². The maximum absolute atomic E-state index is 13.5. The molecule has 8 heteroatoms. The van der Waals surface area contributed by atoms with Crippen molar-refractivity contribution in [2.24, 2.45) is 7.05 Å². The second-order valence-corrected chi connectivity index (χ2v) is 8.43. The smallest absolute Gasteiger partial charge is 0.265 e. The van der Waals surface area contributed by atoms with Crippen LogP contribution in [0.25, 0.3) is 27.8 Å². The highest BCUT2D eigenvalue weighted by atomic mass is 32.2. The third kappa shape index (κ3) is 3.38. The van der Waals surface area contributed by atoms with E-state index in [1.54, 1.807) is 10.9 Å². The average molecular weight is 429 g/mol. The van der Waals surface area contributed by atoms with E-state index in [0.29, 0.717) is 22.5 Å². The molecular formula is C23H20N6OS. The zero-order chi connectivity index (χ0) is 21.5. The molecule has 5 rings (SSSR count). The summed E-state index contributed by atoms with van der Waals surface area (Å²) >= 11 is 1.50. The topological polar surface area (TPSA) is 78.5 Å². The number of imidazole rings is 1. The second kappa shape index (κ2) is 7.63. The Kier molecular flexibility index (Phi) is 4.78. The van der Waals surface area contributed by atoms with Gasteiger partial charge in [-0.25, -0.2) is 19.9 Å². The van der Waals surface area contributed by atoms with Crippen LogP contribution in [0.1, 0.15) is 17.0 Å². The molecule has 0 saturated heterocycles. The van der Waals surface area contributed by atoms with Crippen LogP contribution in [0.2, 0.25) is 0 Å². The summed E-state index contributed by atoms with van der Waals surface area (Å²) in [7, 11) is 1.90. The number of aromatic nitrogens is 6. The molecule has 0 bridgehead atoms. The minimum absolute atomic E-state index is 0.0705. The number of para-hydroxylation sites is 1. The van der Waals surface area contributed by atoms with Gasteiger partial charge in [0.2, 0.25) is 0 Å². The van der Waals surface area contributed by atoms with Crippen molar-refractivity contribution >= 4 is 33.8 Å². The van der Waals surface area contributed by atoms with Gasteiger partial charge in [-0.1, -0.05) is 41.6 Å². The van der Waals surface area contributed by atoms with E-state index < -0.39 is 0 Å². The van der Waals surface area contributed by atoms with Crippen LogP contribution in [0.5, 0.6) is 0 Å². The molecule has 0 amide bonds. The summed E-state index contributed by atoms with van der Waals surface area (Å²) < 4.78 is 3.59. The Morgan fingerprint density at radius 1 is 1.03 bits per heavy atom. The van der Waals surface area contributed by atoms with Crippen molar-refractivity contribution in [1.82, 2.24) is 29.1 Å². The average Bonchev–Trinajstić information content (AvgIpc) is 3.15. The van der Waals surface area contributed by atoms with E-state index in [4.69, 9.17) is 4.98 Å². The molecule has 0 saturated carbocycles. The molecule has 0 atom stereocenters. The van der Waals surface area contributed by atoms with Gasteiger partial charge in [0.1, 0.15) is 22.7 Å². The first-order valence-electron chi connectivity index (χ1n) is 9.86. The van der Waals surface area contributed by atoms with Gasteiger partial charge in [-0.05, 0) is 37.6 Å². The van der Waals surface area contributed by atoms with Crippen LogP contribution < -0.4 is 5.56 Å². The standard InChI is InChI=1S/C23H20N6OS/c1-14-8-9-18(15(2)10-14)29-19(27-17-7-5-4-6-16(17)23(29)30)11-31-22-20-21(24-12-25-22)28(3)13-26-20/h4-10,12-13H,11H2,1-3H3. The number of fused-ring (bicyclic) bond motifs is 2. The molecular weight excluding hydrogens is 408 g/mol. The fourth-order valence-corrected chi connectivity index (χ4v) is 4.60. The second-order valence-electron chi connectivity index (χ2n) is 7.47. The largest absolute Gasteiger partial charge is 0.318 e. The summed E-state index contributed by atoms with van der Waals surface area (Å²) in [6.07, 6.45) is 3.26. The quantitative estimate of drug-likeness (QED) is 0.318. The van der Waals surface area contributed by atoms with E-state index in [-0.39, 0.29) is 5.56 Å². The summed E-state index contributed by atoms with van der Waals surface area (Å²) in [5, 5.41) is 1.37. The number of hydrogen-bond acceptors (Lipinski definition) is 6. The minimum Gasteiger partial charge on any atom is -0.318 e. The number of thioether (sulfide) groups is 1. The van der Waals surface area contributed by atoms with Gasteiger partial charge < -0.3 is 4.57 Å².